The zero-order valence-electron chi connectivity index (χ0n) is 16.0. The summed E-state index contributed by atoms with van der Waals surface area (Å²) in [5.41, 5.74) is -0.326. The maximum atomic E-state index is 12.3. The van der Waals surface area contributed by atoms with Gasteiger partial charge in [0.05, 0.1) is 5.92 Å². The second kappa shape index (κ2) is 9.82. The van der Waals surface area contributed by atoms with Crippen LogP contribution in [0.5, 0.6) is 0 Å². The third kappa shape index (κ3) is 8.03. The van der Waals surface area contributed by atoms with E-state index in [1.165, 1.54) is 14.2 Å². The van der Waals surface area contributed by atoms with Gasteiger partial charge in [0.25, 0.3) is 0 Å². The van der Waals surface area contributed by atoms with Crippen LogP contribution in [0.1, 0.15) is 34.1 Å². The lowest BCUT2D eigenvalue weighted by Gasteiger charge is -2.34. The van der Waals surface area contributed by atoms with Crippen LogP contribution in [0, 0.1) is 17.3 Å². The van der Waals surface area contributed by atoms with Crippen LogP contribution in [-0.4, -0.2) is 41.2 Å². The molecule has 0 aromatic rings. The van der Waals surface area contributed by atoms with Crippen molar-refractivity contribution in [2.45, 2.75) is 47.2 Å². The first-order chi connectivity index (χ1) is 10.9. The SMILES string of the molecule is COP(=O)(CC(=O)CC([C@@H](C)C(=O)OO[SiH](C)C)C(C)(C)C)OC. The summed E-state index contributed by atoms with van der Waals surface area (Å²) in [6.07, 6.45) is -0.237. The Morgan fingerprint density at radius 3 is 2.00 bits per heavy atom. The number of carbonyl (C=O) groups is 2. The van der Waals surface area contributed by atoms with E-state index in [1.54, 1.807) is 6.92 Å². The molecular weight excluding hydrogens is 351 g/mol. The summed E-state index contributed by atoms with van der Waals surface area (Å²) in [7, 11) is -2.41. The van der Waals surface area contributed by atoms with Crippen molar-refractivity contribution < 1.29 is 32.7 Å². The molecule has 0 aliphatic rings. The van der Waals surface area contributed by atoms with E-state index in [4.69, 9.17) is 18.5 Å². The van der Waals surface area contributed by atoms with Crippen LogP contribution >= 0.6 is 7.60 Å². The molecule has 0 fully saturated rings. The Morgan fingerprint density at radius 2 is 1.62 bits per heavy atom. The number of rotatable bonds is 10. The molecule has 0 heterocycles. The normalized spacial score (nSPS) is 15.2. The topological polar surface area (TPSA) is 88.1 Å². The Balaban J connectivity index is 5.06. The minimum absolute atomic E-state index is 0.0790. The molecule has 0 saturated heterocycles. The van der Waals surface area contributed by atoms with Crippen molar-refractivity contribution in [2.75, 3.05) is 20.4 Å². The molecule has 0 aliphatic heterocycles. The maximum absolute atomic E-state index is 12.3. The molecular formula is C15H31O7PSi. The highest BCUT2D eigenvalue weighted by Gasteiger charge is 2.38. The van der Waals surface area contributed by atoms with E-state index in [0.717, 1.165) is 0 Å². The van der Waals surface area contributed by atoms with Gasteiger partial charge in [-0.1, -0.05) is 27.7 Å². The van der Waals surface area contributed by atoms with Gasteiger partial charge in [0, 0.05) is 20.6 Å². The molecule has 0 bridgehead atoms. The fourth-order valence-corrected chi connectivity index (χ4v) is 3.60. The minimum Gasteiger partial charge on any atom is -0.312 e. The molecule has 24 heavy (non-hydrogen) atoms. The van der Waals surface area contributed by atoms with Crippen molar-refractivity contribution in [3.63, 3.8) is 0 Å². The van der Waals surface area contributed by atoms with Gasteiger partial charge < -0.3 is 13.9 Å². The highest BCUT2D eigenvalue weighted by molar-refractivity contribution is 7.54. The van der Waals surface area contributed by atoms with Gasteiger partial charge in [0.1, 0.15) is 11.9 Å². The van der Waals surface area contributed by atoms with E-state index >= 15 is 0 Å². The molecule has 2 atom stereocenters. The first kappa shape index (κ1) is 23.5. The molecule has 0 aliphatic carbocycles. The lowest BCUT2D eigenvalue weighted by Crippen LogP contribution is -2.35. The third-order valence-electron chi connectivity index (χ3n) is 3.78. The number of Topliss-reactive ketones (excluding diaryl/α,β-unsaturated/α-hetero) is 1. The van der Waals surface area contributed by atoms with Gasteiger partial charge in [-0.15, -0.1) is 0 Å². The minimum atomic E-state index is -3.41. The Labute approximate surface area is 146 Å². The second-order valence-electron chi connectivity index (χ2n) is 7.19. The predicted octanol–water partition coefficient (Wildman–Crippen LogP) is 3.19. The largest absolute Gasteiger partial charge is 0.343 e. The number of ketones is 1. The summed E-state index contributed by atoms with van der Waals surface area (Å²) >= 11 is 0. The molecule has 1 unspecified atom stereocenters. The second-order valence-corrected chi connectivity index (χ2v) is 11.7. The average molecular weight is 382 g/mol. The molecule has 0 aromatic carbocycles. The zero-order valence-corrected chi connectivity index (χ0v) is 18.0. The fraction of sp³-hybridized carbons (Fsp3) is 0.867. The van der Waals surface area contributed by atoms with E-state index in [9.17, 15) is 14.2 Å². The van der Waals surface area contributed by atoms with Crippen LogP contribution < -0.4 is 0 Å². The van der Waals surface area contributed by atoms with Crippen LogP contribution in [0.2, 0.25) is 13.1 Å². The molecule has 0 saturated carbocycles. The average Bonchev–Trinajstić information content (AvgIpc) is 2.48. The van der Waals surface area contributed by atoms with E-state index < -0.39 is 28.5 Å². The molecule has 0 N–H and O–H groups in total. The van der Waals surface area contributed by atoms with E-state index in [0.29, 0.717) is 0 Å². The van der Waals surface area contributed by atoms with Gasteiger partial charge in [-0.25, -0.2) is 9.37 Å². The Bertz CT molecular complexity index is 465. The molecule has 7 nitrogen and oxygen atoms in total. The number of carbonyl (C=O) groups excluding carboxylic acids is 2. The van der Waals surface area contributed by atoms with Crippen molar-refractivity contribution in [3.05, 3.63) is 0 Å². The number of hydrogen-bond donors (Lipinski definition) is 0. The Morgan fingerprint density at radius 1 is 1.12 bits per heavy atom. The Kier molecular flexibility index (Phi) is 9.60. The zero-order chi connectivity index (χ0) is 19.1. The smallest absolute Gasteiger partial charge is 0.312 e. The van der Waals surface area contributed by atoms with Crippen molar-refractivity contribution in [2.24, 2.45) is 17.3 Å². The first-order valence-corrected chi connectivity index (χ1v) is 12.5. The van der Waals surface area contributed by atoms with Gasteiger partial charge in [-0.3, -0.25) is 9.36 Å². The summed E-state index contributed by atoms with van der Waals surface area (Å²) in [5.74, 6) is -1.60. The molecule has 0 spiro atoms. The molecule has 9 heteroatoms. The van der Waals surface area contributed by atoms with Crippen LogP contribution in [0.15, 0.2) is 0 Å². The Hall–Kier alpha value is -0.533. The van der Waals surface area contributed by atoms with Crippen molar-refractivity contribution in [3.8, 4) is 0 Å². The van der Waals surface area contributed by atoms with Gasteiger partial charge in [-0.2, -0.15) is 0 Å². The van der Waals surface area contributed by atoms with Gasteiger partial charge in [0.2, 0.25) is 9.04 Å². The summed E-state index contributed by atoms with van der Waals surface area (Å²) in [6, 6.07) is 0. The van der Waals surface area contributed by atoms with Gasteiger partial charge >= 0.3 is 13.6 Å². The van der Waals surface area contributed by atoms with Crippen LogP contribution in [0.4, 0.5) is 0 Å². The molecule has 0 rings (SSSR count). The lowest BCUT2D eigenvalue weighted by atomic mass is 9.71. The van der Waals surface area contributed by atoms with Gasteiger partial charge in [-0.05, 0) is 24.4 Å². The predicted molar refractivity (Wildman–Crippen MR) is 94.3 cm³/mol. The summed E-state index contributed by atoms with van der Waals surface area (Å²) < 4.78 is 26.7. The third-order valence-corrected chi connectivity index (χ3v) is 6.12. The van der Waals surface area contributed by atoms with E-state index in [-0.39, 0.29) is 29.7 Å². The quantitative estimate of drug-likeness (QED) is 0.248. The monoisotopic (exact) mass is 382 g/mol. The number of hydrogen-bond acceptors (Lipinski definition) is 7. The van der Waals surface area contributed by atoms with Gasteiger partial charge in [0.15, 0.2) is 0 Å². The molecule has 0 amide bonds. The van der Waals surface area contributed by atoms with Crippen molar-refractivity contribution in [1.29, 1.82) is 0 Å². The van der Waals surface area contributed by atoms with E-state index in [1.807, 2.05) is 33.9 Å². The van der Waals surface area contributed by atoms with Crippen LogP contribution in [-0.2, 0) is 32.7 Å². The highest BCUT2D eigenvalue weighted by Crippen LogP contribution is 2.47. The fourth-order valence-electron chi connectivity index (χ4n) is 2.35. The van der Waals surface area contributed by atoms with Crippen LogP contribution in [0.25, 0.3) is 0 Å². The highest BCUT2D eigenvalue weighted by atomic mass is 31.2. The summed E-state index contributed by atoms with van der Waals surface area (Å²) in [4.78, 5) is 29.4. The van der Waals surface area contributed by atoms with E-state index in [2.05, 4.69) is 0 Å². The molecule has 0 aromatic heterocycles. The maximum Gasteiger partial charge on any atom is 0.343 e. The standard InChI is InChI=1S/C15H31O7PSi/c1-11(14(17)21-22-24(7)8)13(15(2,3)4)9-12(16)10-23(18,19-5)20-6/h11,13,24H,9-10H2,1-8H3/t11-,13?/m1/s1. The van der Waals surface area contributed by atoms with Crippen molar-refractivity contribution >= 4 is 28.4 Å². The molecule has 0 radical (unpaired) electrons. The first-order valence-electron chi connectivity index (χ1n) is 7.95. The summed E-state index contributed by atoms with van der Waals surface area (Å²) in [5, 5.41) is 0. The van der Waals surface area contributed by atoms with Crippen molar-refractivity contribution in [1.82, 2.24) is 0 Å². The summed E-state index contributed by atoms with van der Waals surface area (Å²) in [6.45, 7) is 11.3. The lowest BCUT2D eigenvalue weighted by molar-refractivity contribution is -0.224. The molecule has 142 valence electrons. The van der Waals surface area contributed by atoms with Crippen LogP contribution in [0.3, 0.4) is 0 Å².